The molecule has 2 heteroatoms. The Balaban J connectivity index is 3.44. The molecule has 1 N–H and O–H groups in total. The summed E-state index contributed by atoms with van der Waals surface area (Å²) < 4.78 is 0. The van der Waals surface area contributed by atoms with E-state index in [-0.39, 0.29) is 12.0 Å². The molecular weight excluding hydrogens is 196 g/mol. The molecule has 0 saturated heterocycles. The summed E-state index contributed by atoms with van der Waals surface area (Å²) >= 11 is 6.07. The van der Waals surface area contributed by atoms with Crippen molar-refractivity contribution in [2.45, 2.75) is 39.7 Å². The molecule has 0 aliphatic carbocycles. The van der Waals surface area contributed by atoms with Gasteiger partial charge in [0.1, 0.15) is 0 Å². The molecule has 0 fully saturated rings. The molecule has 0 bridgehead atoms. The SMILES string of the molecule is Cc1c(Cl)ccc(CO)c1C(C)(C)C. The molecule has 0 aromatic heterocycles. The van der Waals surface area contributed by atoms with Crippen LogP contribution in [0.5, 0.6) is 0 Å². The van der Waals surface area contributed by atoms with E-state index >= 15 is 0 Å². The molecule has 0 unspecified atom stereocenters. The van der Waals surface area contributed by atoms with Crippen LogP contribution >= 0.6 is 11.6 Å². The number of benzene rings is 1. The summed E-state index contributed by atoms with van der Waals surface area (Å²) in [6, 6.07) is 3.74. The lowest BCUT2D eigenvalue weighted by Gasteiger charge is -2.25. The quantitative estimate of drug-likeness (QED) is 0.756. The third-order valence-corrected chi connectivity index (χ3v) is 2.82. The molecule has 0 aliphatic rings. The molecule has 1 aromatic rings. The van der Waals surface area contributed by atoms with Crippen LogP contribution in [0.2, 0.25) is 5.02 Å². The van der Waals surface area contributed by atoms with Crippen molar-refractivity contribution >= 4 is 11.6 Å². The van der Waals surface area contributed by atoms with Gasteiger partial charge in [0.2, 0.25) is 0 Å². The summed E-state index contributed by atoms with van der Waals surface area (Å²) in [5.74, 6) is 0. The van der Waals surface area contributed by atoms with E-state index in [1.54, 1.807) is 0 Å². The van der Waals surface area contributed by atoms with E-state index in [1.807, 2.05) is 19.1 Å². The third kappa shape index (κ3) is 2.10. The summed E-state index contributed by atoms with van der Waals surface area (Å²) in [6.45, 7) is 8.47. The Hall–Kier alpha value is -0.530. The number of halogens is 1. The van der Waals surface area contributed by atoms with Gasteiger partial charge in [0.05, 0.1) is 6.61 Å². The van der Waals surface area contributed by atoms with Gasteiger partial charge >= 0.3 is 0 Å². The van der Waals surface area contributed by atoms with Crippen molar-refractivity contribution in [3.8, 4) is 0 Å². The minimum absolute atomic E-state index is 0.0209. The highest BCUT2D eigenvalue weighted by molar-refractivity contribution is 6.31. The second kappa shape index (κ2) is 3.92. The monoisotopic (exact) mass is 212 g/mol. The van der Waals surface area contributed by atoms with Crippen molar-refractivity contribution in [3.05, 3.63) is 33.8 Å². The summed E-state index contributed by atoms with van der Waals surface area (Å²) in [6.07, 6.45) is 0. The standard InChI is InChI=1S/C12H17ClO/c1-8-10(13)6-5-9(7-14)11(8)12(2,3)4/h5-6,14H,7H2,1-4H3. The van der Waals surface area contributed by atoms with Crippen molar-refractivity contribution < 1.29 is 5.11 Å². The van der Waals surface area contributed by atoms with E-state index in [0.29, 0.717) is 0 Å². The molecule has 1 rings (SSSR count). The fourth-order valence-corrected chi connectivity index (χ4v) is 2.08. The second-order valence-corrected chi connectivity index (χ2v) is 5.02. The normalized spacial score (nSPS) is 11.9. The van der Waals surface area contributed by atoms with Crippen LogP contribution in [-0.2, 0) is 12.0 Å². The minimum Gasteiger partial charge on any atom is -0.392 e. The highest BCUT2D eigenvalue weighted by Gasteiger charge is 2.21. The van der Waals surface area contributed by atoms with E-state index in [2.05, 4.69) is 20.8 Å². The van der Waals surface area contributed by atoms with Crippen molar-refractivity contribution in [1.29, 1.82) is 0 Å². The molecule has 1 nitrogen and oxygen atoms in total. The fourth-order valence-electron chi connectivity index (χ4n) is 1.92. The molecule has 0 saturated carbocycles. The number of hydrogen-bond donors (Lipinski definition) is 1. The van der Waals surface area contributed by atoms with Crippen LogP contribution in [0.15, 0.2) is 12.1 Å². The first-order valence-corrected chi connectivity index (χ1v) is 5.15. The Morgan fingerprint density at radius 1 is 1.29 bits per heavy atom. The first kappa shape index (κ1) is 11.5. The molecule has 0 aliphatic heterocycles. The Bertz CT molecular complexity index is 337. The number of aliphatic hydroxyl groups is 1. The molecule has 0 amide bonds. The number of hydrogen-bond acceptors (Lipinski definition) is 1. The van der Waals surface area contributed by atoms with Gasteiger partial charge in [-0.05, 0) is 35.1 Å². The van der Waals surface area contributed by atoms with Crippen LogP contribution in [0.4, 0.5) is 0 Å². The van der Waals surface area contributed by atoms with Crippen molar-refractivity contribution in [1.82, 2.24) is 0 Å². The van der Waals surface area contributed by atoms with Crippen LogP contribution in [0.25, 0.3) is 0 Å². The van der Waals surface area contributed by atoms with Gasteiger partial charge in [-0.1, -0.05) is 38.4 Å². The average Bonchev–Trinajstić information content (AvgIpc) is 2.07. The number of rotatable bonds is 1. The molecular formula is C12H17ClO. The maximum Gasteiger partial charge on any atom is 0.0684 e. The lowest BCUT2D eigenvalue weighted by molar-refractivity contribution is 0.278. The molecule has 0 heterocycles. The third-order valence-electron chi connectivity index (χ3n) is 2.41. The summed E-state index contributed by atoms with van der Waals surface area (Å²) in [5, 5.41) is 10.0. The van der Waals surface area contributed by atoms with Crippen LogP contribution in [0, 0.1) is 6.92 Å². The maximum atomic E-state index is 9.25. The van der Waals surface area contributed by atoms with Crippen molar-refractivity contribution in [2.24, 2.45) is 0 Å². The Morgan fingerprint density at radius 3 is 2.29 bits per heavy atom. The van der Waals surface area contributed by atoms with Crippen LogP contribution < -0.4 is 0 Å². The lowest BCUT2D eigenvalue weighted by Crippen LogP contribution is -2.16. The van der Waals surface area contributed by atoms with Gasteiger partial charge in [-0.15, -0.1) is 0 Å². The van der Waals surface area contributed by atoms with E-state index in [1.165, 1.54) is 0 Å². The second-order valence-electron chi connectivity index (χ2n) is 4.61. The maximum absolute atomic E-state index is 9.25. The predicted molar refractivity (Wildman–Crippen MR) is 60.8 cm³/mol. The first-order valence-electron chi connectivity index (χ1n) is 4.77. The molecule has 0 spiro atoms. The van der Waals surface area contributed by atoms with Crippen molar-refractivity contribution in [3.63, 3.8) is 0 Å². The Labute approximate surface area is 90.7 Å². The zero-order valence-electron chi connectivity index (χ0n) is 9.19. The molecule has 0 atom stereocenters. The smallest absolute Gasteiger partial charge is 0.0684 e. The zero-order chi connectivity index (χ0) is 10.9. The van der Waals surface area contributed by atoms with E-state index in [4.69, 9.17) is 11.6 Å². The molecule has 0 radical (unpaired) electrons. The van der Waals surface area contributed by atoms with Crippen LogP contribution in [-0.4, -0.2) is 5.11 Å². The largest absolute Gasteiger partial charge is 0.392 e. The van der Waals surface area contributed by atoms with Gasteiger partial charge < -0.3 is 5.11 Å². The van der Waals surface area contributed by atoms with Crippen LogP contribution in [0.3, 0.4) is 0 Å². The van der Waals surface area contributed by atoms with Crippen molar-refractivity contribution in [2.75, 3.05) is 0 Å². The summed E-state index contributed by atoms with van der Waals surface area (Å²) in [5.41, 5.74) is 3.23. The van der Waals surface area contributed by atoms with Gasteiger partial charge in [0.15, 0.2) is 0 Å². The lowest BCUT2D eigenvalue weighted by atomic mass is 9.81. The van der Waals surface area contributed by atoms with Gasteiger partial charge in [0, 0.05) is 5.02 Å². The van der Waals surface area contributed by atoms with E-state index in [0.717, 1.165) is 21.7 Å². The van der Waals surface area contributed by atoms with Gasteiger partial charge in [0.25, 0.3) is 0 Å². The highest BCUT2D eigenvalue weighted by atomic mass is 35.5. The zero-order valence-corrected chi connectivity index (χ0v) is 9.94. The Morgan fingerprint density at radius 2 is 1.86 bits per heavy atom. The van der Waals surface area contributed by atoms with Gasteiger partial charge in [-0.2, -0.15) is 0 Å². The van der Waals surface area contributed by atoms with Gasteiger partial charge in [-0.3, -0.25) is 0 Å². The average molecular weight is 213 g/mol. The Kier molecular flexibility index (Phi) is 3.23. The van der Waals surface area contributed by atoms with Gasteiger partial charge in [-0.25, -0.2) is 0 Å². The van der Waals surface area contributed by atoms with E-state index in [9.17, 15) is 5.11 Å². The predicted octanol–water partition coefficient (Wildman–Crippen LogP) is 3.44. The summed E-state index contributed by atoms with van der Waals surface area (Å²) in [4.78, 5) is 0. The topological polar surface area (TPSA) is 20.2 Å². The number of aliphatic hydroxyl groups excluding tert-OH is 1. The van der Waals surface area contributed by atoms with Crippen LogP contribution in [0.1, 0.15) is 37.5 Å². The molecule has 14 heavy (non-hydrogen) atoms. The molecule has 78 valence electrons. The highest BCUT2D eigenvalue weighted by Crippen LogP contribution is 2.32. The molecule has 1 aromatic carbocycles. The minimum atomic E-state index is 0.0209. The van der Waals surface area contributed by atoms with E-state index < -0.39 is 0 Å². The summed E-state index contributed by atoms with van der Waals surface area (Å²) in [7, 11) is 0. The first-order chi connectivity index (χ1) is 6.38. The fraction of sp³-hybridized carbons (Fsp3) is 0.500.